The molecule has 0 spiro atoms. The highest BCUT2D eigenvalue weighted by molar-refractivity contribution is 5.87. The van der Waals surface area contributed by atoms with Gasteiger partial charge in [-0.15, -0.1) is 0 Å². The number of carboxylic acids is 1. The molecule has 24 heavy (non-hydrogen) atoms. The fourth-order valence-corrected chi connectivity index (χ4v) is 2.73. The number of amides is 1. The Hall–Kier alpha value is -2.71. The Morgan fingerprint density at radius 1 is 1.29 bits per heavy atom. The topological polar surface area (TPSA) is 145 Å². The number of nitrogens with one attached hydrogen (secondary N) is 2. The minimum Gasteiger partial charge on any atom is -0.480 e. The minimum atomic E-state index is -0.944. The van der Waals surface area contributed by atoms with Crippen molar-refractivity contribution in [2.24, 2.45) is 0 Å². The summed E-state index contributed by atoms with van der Waals surface area (Å²) in [6.45, 7) is 2.02. The molecule has 0 bridgehead atoms. The van der Waals surface area contributed by atoms with Gasteiger partial charge in [0.05, 0.1) is 0 Å². The van der Waals surface area contributed by atoms with Crippen LogP contribution in [0.1, 0.15) is 32.1 Å². The van der Waals surface area contributed by atoms with Crippen LogP contribution >= 0.6 is 0 Å². The Bertz CT molecular complexity index is 666. The number of piperidine rings is 1. The maximum Gasteiger partial charge on any atom is 0.326 e. The molecule has 0 aliphatic carbocycles. The zero-order valence-corrected chi connectivity index (χ0v) is 13.4. The Labute approximate surface area is 139 Å². The smallest absolute Gasteiger partial charge is 0.326 e. The molecule has 9 heteroatoms. The van der Waals surface area contributed by atoms with E-state index >= 15 is 0 Å². The average Bonchev–Trinajstić information content (AvgIpc) is 3.00. The lowest BCUT2D eigenvalue weighted by atomic mass is 10.1. The van der Waals surface area contributed by atoms with E-state index in [9.17, 15) is 14.8 Å². The molecule has 132 valence electrons. The summed E-state index contributed by atoms with van der Waals surface area (Å²) >= 11 is 0. The number of carbonyl (C=O) groups excluding carboxylic acids is 1. The summed E-state index contributed by atoms with van der Waals surface area (Å²) in [4.78, 5) is 22.7. The van der Waals surface area contributed by atoms with Crippen LogP contribution in [-0.2, 0) is 9.59 Å². The maximum absolute atomic E-state index is 10.4. The molecule has 9 nitrogen and oxygen atoms in total. The maximum atomic E-state index is 10.4. The van der Waals surface area contributed by atoms with Crippen LogP contribution in [0, 0.1) is 5.41 Å². The quantitative estimate of drug-likeness (QED) is 0.485. The third-order valence-corrected chi connectivity index (χ3v) is 4.07. The molecule has 0 saturated carbocycles. The highest BCUT2D eigenvalue weighted by Gasteiger charge is 2.26. The summed E-state index contributed by atoms with van der Waals surface area (Å²) in [6, 6.07) is 2.71. The largest absolute Gasteiger partial charge is 0.480 e. The first kappa shape index (κ1) is 17.6. The van der Waals surface area contributed by atoms with Crippen molar-refractivity contribution < 1.29 is 19.9 Å². The molecule has 3 heterocycles. The fraction of sp³-hybridized carbons (Fsp3) is 0.533. The molecule has 1 aromatic rings. The number of carboxylic acid groups (broad SMARTS) is 1. The third-order valence-electron chi connectivity index (χ3n) is 4.07. The Morgan fingerprint density at radius 3 is 2.42 bits per heavy atom. The van der Waals surface area contributed by atoms with Gasteiger partial charge in [0.2, 0.25) is 5.91 Å². The van der Waals surface area contributed by atoms with Gasteiger partial charge in [-0.25, -0.2) is 4.79 Å². The summed E-state index contributed by atoms with van der Waals surface area (Å²) < 4.78 is 0.688. The Kier molecular flexibility index (Phi) is 5.67. The van der Waals surface area contributed by atoms with Crippen molar-refractivity contribution in [3.8, 4) is 0 Å². The van der Waals surface area contributed by atoms with Gasteiger partial charge in [-0.3, -0.25) is 10.2 Å². The number of nitrogen functional groups attached to an aromatic ring is 1. The molecule has 0 aromatic carbocycles. The van der Waals surface area contributed by atoms with Crippen molar-refractivity contribution in [1.82, 2.24) is 10.0 Å². The number of nitrogens with zero attached hydrogens (tertiary/aromatic N) is 2. The minimum absolute atomic E-state index is 0.0237. The van der Waals surface area contributed by atoms with Crippen LogP contribution in [0.3, 0.4) is 0 Å². The second-order valence-corrected chi connectivity index (χ2v) is 5.88. The highest BCUT2D eigenvalue weighted by Crippen LogP contribution is 2.19. The van der Waals surface area contributed by atoms with E-state index in [4.69, 9.17) is 16.2 Å². The van der Waals surface area contributed by atoms with Crippen molar-refractivity contribution in [1.29, 1.82) is 5.41 Å². The third kappa shape index (κ3) is 4.40. The SMILES string of the molecule is N=c1cc(N2CCCCC2)cc(N)n1O.O=C1CC[C@@H](C(=O)O)N1. The normalized spacial score (nSPS) is 20.1. The van der Waals surface area contributed by atoms with Gasteiger partial charge in [0.15, 0.2) is 5.49 Å². The van der Waals surface area contributed by atoms with E-state index in [-0.39, 0.29) is 17.2 Å². The summed E-state index contributed by atoms with van der Waals surface area (Å²) in [5.41, 5.74) is 6.55. The van der Waals surface area contributed by atoms with Crippen molar-refractivity contribution >= 4 is 23.4 Å². The van der Waals surface area contributed by atoms with Crippen LogP contribution in [0.2, 0.25) is 0 Å². The first-order valence-electron chi connectivity index (χ1n) is 7.92. The summed E-state index contributed by atoms with van der Waals surface area (Å²) in [5.74, 6) is -0.897. The number of aromatic nitrogens is 1. The first-order valence-corrected chi connectivity index (χ1v) is 7.92. The van der Waals surface area contributed by atoms with E-state index in [1.807, 2.05) is 0 Å². The zero-order valence-electron chi connectivity index (χ0n) is 13.4. The molecule has 1 aromatic heterocycles. The molecule has 1 atom stereocenters. The van der Waals surface area contributed by atoms with E-state index in [1.54, 1.807) is 12.1 Å². The molecule has 2 aliphatic rings. The molecule has 2 aliphatic heterocycles. The second-order valence-electron chi connectivity index (χ2n) is 5.88. The van der Waals surface area contributed by atoms with Gasteiger partial charge < -0.3 is 26.3 Å². The van der Waals surface area contributed by atoms with Crippen molar-refractivity contribution in [3.63, 3.8) is 0 Å². The van der Waals surface area contributed by atoms with Crippen LogP contribution < -0.4 is 21.4 Å². The van der Waals surface area contributed by atoms with Crippen LogP contribution in [0.4, 0.5) is 11.5 Å². The summed E-state index contributed by atoms with van der Waals surface area (Å²) in [5, 5.41) is 27.5. The van der Waals surface area contributed by atoms with Crippen LogP contribution in [0.25, 0.3) is 0 Å². The van der Waals surface area contributed by atoms with Crippen molar-refractivity contribution in [2.75, 3.05) is 23.7 Å². The predicted molar refractivity (Wildman–Crippen MR) is 86.7 cm³/mol. The molecule has 1 amide bonds. The fourth-order valence-electron chi connectivity index (χ4n) is 2.73. The van der Waals surface area contributed by atoms with Gasteiger partial charge in [-0.05, 0) is 25.7 Å². The standard InChI is InChI=1S/C10H16N4O.C5H7NO3/c11-9-6-8(7-10(12)14(9)15)13-4-2-1-3-5-13;7-4-2-1-3(6-4)5(8)9/h6-7,11,15H,1-5,12H2;3H,1-2H2,(H,6,7)(H,8,9)/t;3-/m.0/s1. The van der Waals surface area contributed by atoms with E-state index in [1.165, 1.54) is 19.3 Å². The van der Waals surface area contributed by atoms with Crippen molar-refractivity contribution in [2.45, 2.75) is 38.1 Å². The lowest BCUT2D eigenvalue weighted by molar-refractivity contribution is -0.140. The van der Waals surface area contributed by atoms with Gasteiger partial charge >= 0.3 is 5.97 Å². The molecular weight excluding hydrogens is 314 g/mol. The average molecular weight is 337 g/mol. The van der Waals surface area contributed by atoms with Gasteiger partial charge in [0, 0.05) is 37.3 Å². The highest BCUT2D eigenvalue weighted by atomic mass is 16.5. The molecule has 2 fully saturated rings. The van der Waals surface area contributed by atoms with E-state index in [0.717, 1.165) is 18.8 Å². The number of hydrogen-bond acceptors (Lipinski definition) is 6. The van der Waals surface area contributed by atoms with Crippen LogP contribution in [-0.4, -0.2) is 46.1 Å². The summed E-state index contributed by atoms with van der Waals surface area (Å²) in [7, 11) is 0. The van der Waals surface area contributed by atoms with E-state index in [2.05, 4.69) is 10.2 Å². The first-order chi connectivity index (χ1) is 11.4. The molecule has 2 saturated heterocycles. The number of nitrogens with two attached hydrogens (primary N) is 1. The van der Waals surface area contributed by atoms with Gasteiger partial charge in [-0.2, -0.15) is 4.73 Å². The lowest BCUT2D eigenvalue weighted by Crippen LogP contribution is -2.32. The number of pyridine rings is 1. The van der Waals surface area contributed by atoms with E-state index in [0.29, 0.717) is 17.6 Å². The predicted octanol–water partition coefficient (Wildman–Crippen LogP) is 0.127. The van der Waals surface area contributed by atoms with E-state index < -0.39 is 12.0 Å². The number of aliphatic carboxylic acids is 1. The Balaban J connectivity index is 0.000000198. The number of hydrogen-bond donors (Lipinski definition) is 5. The molecular formula is C15H23N5O4. The molecule has 6 N–H and O–H groups in total. The zero-order chi connectivity index (χ0) is 17.7. The molecule has 3 rings (SSSR count). The number of carbonyl (C=O) groups is 2. The number of anilines is 2. The molecule has 0 unspecified atom stereocenters. The van der Waals surface area contributed by atoms with Crippen molar-refractivity contribution in [3.05, 3.63) is 17.6 Å². The Morgan fingerprint density at radius 2 is 1.96 bits per heavy atom. The van der Waals surface area contributed by atoms with Gasteiger partial charge in [-0.1, -0.05) is 0 Å². The second kappa shape index (κ2) is 7.71. The van der Waals surface area contributed by atoms with Gasteiger partial charge in [0.1, 0.15) is 11.9 Å². The van der Waals surface area contributed by atoms with Gasteiger partial charge in [0.25, 0.3) is 0 Å². The number of rotatable bonds is 2. The lowest BCUT2D eigenvalue weighted by Gasteiger charge is -2.29. The monoisotopic (exact) mass is 337 g/mol. The summed E-state index contributed by atoms with van der Waals surface area (Å²) in [6.07, 6.45) is 4.40. The van der Waals surface area contributed by atoms with Crippen LogP contribution in [0.15, 0.2) is 12.1 Å². The van der Waals surface area contributed by atoms with Crippen LogP contribution in [0.5, 0.6) is 0 Å². The molecule has 0 radical (unpaired) electrons.